The van der Waals surface area contributed by atoms with Gasteiger partial charge in [-0.25, -0.2) is 9.37 Å². The number of hydrogen-bond donors (Lipinski definition) is 0. The number of fused-ring (bicyclic) bond motifs is 4. The fourth-order valence-electron chi connectivity index (χ4n) is 9.79. The Morgan fingerprint density at radius 1 is 0.537 bits per heavy atom. The maximum Gasteiger partial charge on any atom is 0.137 e. The lowest BCUT2D eigenvalue weighted by Gasteiger charge is -2.27. The molecule has 0 aliphatic carbocycles. The maximum absolute atomic E-state index is 14.4. The van der Waals surface area contributed by atoms with Crippen LogP contribution in [-0.2, 0) is 5.41 Å². The minimum Gasteiger partial charge on any atom is -0.457 e. The molecule has 10 aromatic rings. The topological polar surface area (TPSA) is 33.5 Å². The van der Waals surface area contributed by atoms with Crippen LogP contribution in [0.2, 0.25) is 0 Å². The zero-order chi connectivity index (χ0) is 45.8. The van der Waals surface area contributed by atoms with E-state index in [-0.39, 0.29) is 11.2 Å². The van der Waals surface area contributed by atoms with Crippen LogP contribution in [0.15, 0.2) is 200 Å². The van der Waals surface area contributed by atoms with Gasteiger partial charge in [0.1, 0.15) is 29.8 Å². The van der Waals surface area contributed by atoms with Gasteiger partial charge in [0.25, 0.3) is 0 Å². The van der Waals surface area contributed by atoms with Gasteiger partial charge in [-0.1, -0.05) is 150 Å². The first kappa shape index (κ1) is 41.7. The zero-order valence-corrected chi connectivity index (χ0v) is 38.4. The average Bonchev–Trinajstić information content (AvgIpc) is 3.90. The lowest BCUT2D eigenvalue weighted by Crippen LogP contribution is -2.25. The molecule has 3 heterocycles. The van der Waals surface area contributed by atoms with Crippen molar-refractivity contribution >= 4 is 44.6 Å². The molecule has 6 heteroatoms. The number of pyridine rings is 1. The molecule has 0 amide bonds. The molecule has 1 aliphatic rings. The number of para-hydroxylation sites is 4. The second kappa shape index (κ2) is 16.8. The molecule has 67 heavy (non-hydrogen) atoms. The van der Waals surface area contributed by atoms with Crippen LogP contribution in [-0.4, -0.2) is 16.2 Å². The summed E-state index contributed by atoms with van der Waals surface area (Å²) in [5.74, 6) is 2.38. The van der Waals surface area contributed by atoms with Gasteiger partial charge < -0.3 is 14.5 Å². The maximum atomic E-state index is 14.4. The number of hydrogen-bond acceptors (Lipinski definition) is 4. The lowest BCUT2D eigenvalue weighted by molar-refractivity contribution is 0.483. The highest BCUT2D eigenvalue weighted by atomic mass is 19.1. The van der Waals surface area contributed by atoms with Gasteiger partial charge in [-0.05, 0) is 111 Å². The predicted octanol–water partition coefficient (Wildman–Crippen LogP) is 16.8. The normalized spacial score (nSPS) is 12.6. The van der Waals surface area contributed by atoms with Crippen LogP contribution in [0.4, 0.5) is 27.1 Å². The van der Waals surface area contributed by atoms with Gasteiger partial charge in [-0.2, -0.15) is 0 Å². The number of aromatic nitrogens is 2. The fraction of sp³-hybridized carbons (Fsp3) is 0.131. The average molecular weight is 875 g/mol. The number of ether oxygens (including phenoxy) is 1. The first-order valence-corrected chi connectivity index (χ1v) is 23.1. The molecule has 0 saturated heterocycles. The van der Waals surface area contributed by atoms with Crippen molar-refractivity contribution in [1.82, 2.24) is 9.55 Å². The largest absolute Gasteiger partial charge is 0.457 e. The van der Waals surface area contributed by atoms with Gasteiger partial charge in [-0.15, -0.1) is 0 Å². The van der Waals surface area contributed by atoms with E-state index in [1.165, 1.54) is 16.7 Å². The summed E-state index contributed by atoms with van der Waals surface area (Å²) < 4.78 is 23.7. The predicted molar refractivity (Wildman–Crippen MR) is 276 cm³/mol. The summed E-state index contributed by atoms with van der Waals surface area (Å²) in [6.45, 7) is 11.7. The molecular weight excluding hydrogens is 824 g/mol. The first-order chi connectivity index (χ1) is 32.6. The summed E-state index contributed by atoms with van der Waals surface area (Å²) in [7, 11) is 0. The summed E-state index contributed by atoms with van der Waals surface area (Å²) in [5, 5.41) is 2.30. The summed E-state index contributed by atoms with van der Waals surface area (Å²) in [6.07, 6.45) is 1.92. The summed E-state index contributed by atoms with van der Waals surface area (Å²) in [4.78, 5) is 9.71. The Bertz CT molecular complexity index is 3460. The summed E-state index contributed by atoms with van der Waals surface area (Å²) >= 11 is 0. The van der Waals surface area contributed by atoms with Crippen molar-refractivity contribution in [3.8, 4) is 50.7 Å². The van der Waals surface area contributed by atoms with Gasteiger partial charge in [0.05, 0.1) is 28.1 Å². The van der Waals surface area contributed by atoms with E-state index in [0.717, 1.165) is 89.7 Å². The number of halogens is 1. The molecule has 328 valence electrons. The summed E-state index contributed by atoms with van der Waals surface area (Å²) in [5.41, 5.74) is 15.2. The Morgan fingerprint density at radius 3 is 1.96 bits per heavy atom. The van der Waals surface area contributed by atoms with Crippen molar-refractivity contribution in [1.29, 1.82) is 0 Å². The van der Waals surface area contributed by atoms with Crippen LogP contribution in [0, 0.1) is 5.82 Å². The van der Waals surface area contributed by atoms with Crippen molar-refractivity contribution in [3.63, 3.8) is 0 Å². The van der Waals surface area contributed by atoms with Crippen molar-refractivity contribution in [2.24, 2.45) is 0 Å². The van der Waals surface area contributed by atoms with Crippen molar-refractivity contribution in [2.45, 2.75) is 46.0 Å². The van der Waals surface area contributed by atoms with Gasteiger partial charge in [0.2, 0.25) is 0 Å². The second-order valence-corrected chi connectivity index (χ2v) is 18.8. The number of anilines is 4. The van der Waals surface area contributed by atoms with Crippen LogP contribution in [0.3, 0.4) is 0 Å². The summed E-state index contributed by atoms with van der Waals surface area (Å²) in [6, 6.07) is 67.0. The molecule has 0 spiro atoms. The Morgan fingerprint density at radius 2 is 1.19 bits per heavy atom. The lowest BCUT2D eigenvalue weighted by atomic mass is 9.88. The third-order valence-electron chi connectivity index (χ3n) is 13.1. The molecule has 5 nitrogen and oxygen atoms in total. The molecule has 0 saturated carbocycles. The van der Waals surface area contributed by atoms with Crippen molar-refractivity contribution < 1.29 is 9.13 Å². The number of rotatable bonds is 9. The van der Waals surface area contributed by atoms with Crippen LogP contribution in [0.5, 0.6) is 11.5 Å². The zero-order valence-electron chi connectivity index (χ0n) is 38.4. The van der Waals surface area contributed by atoms with Crippen LogP contribution < -0.4 is 14.5 Å². The molecule has 0 unspecified atom stereocenters. The third-order valence-corrected chi connectivity index (χ3v) is 13.1. The Kier molecular flexibility index (Phi) is 10.5. The number of nitrogens with zero attached hydrogens (tertiary/aromatic N) is 4. The minimum atomic E-state index is -0.260. The van der Waals surface area contributed by atoms with Crippen LogP contribution in [0.1, 0.15) is 51.7 Å². The molecule has 0 atom stereocenters. The number of benzene rings is 8. The minimum absolute atomic E-state index is 0.0370. The molecule has 11 rings (SSSR count). The molecule has 2 aromatic heterocycles. The Hall–Kier alpha value is -7.96. The highest BCUT2D eigenvalue weighted by molar-refractivity contribution is 6.09. The Labute approximate surface area is 392 Å². The van der Waals surface area contributed by atoms with Crippen molar-refractivity contribution in [2.75, 3.05) is 16.5 Å². The second-order valence-electron chi connectivity index (χ2n) is 18.8. The molecule has 0 bridgehead atoms. The smallest absolute Gasteiger partial charge is 0.137 e. The van der Waals surface area contributed by atoms with Gasteiger partial charge in [0, 0.05) is 45.9 Å². The molecule has 1 aliphatic heterocycles. The van der Waals surface area contributed by atoms with E-state index in [2.05, 4.69) is 213 Å². The van der Waals surface area contributed by atoms with E-state index in [1.807, 2.05) is 24.4 Å². The van der Waals surface area contributed by atoms with Crippen molar-refractivity contribution in [3.05, 3.63) is 217 Å². The van der Waals surface area contributed by atoms with E-state index in [1.54, 1.807) is 12.1 Å². The molecule has 8 aromatic carbocycles. The molecule has 0 radical (unpaired) electrons. The van der Waals surface area contributed by atoms with E-state index < -0.39 is 0 Å². The molecule has 0 N–H and O–H groups in total. The third kappa shape index (κ3) is 7.68. The van der Waals surface area contributed by atoms with Gasteiger partial charge in [0.15, 0.2) is 0 Å². The fourth-order valence-corrected chi connectivity index (χ4v) is 9.79. The Balaban J connectivity index is 1.06. The van der Waals surface area contributed by atoms with E-state index in [0.29, 0.717) is 12.6 Å². The quantitative estimate of drug-likeness (QED) is 0.145. The first-order valence-electron chi connectivity index (χ1n) is 23.1. The molecular formula is C61H51FN4O. The SMILES string of the molecule is CC(C)c1ccccc1-c1cc(Oc2ccc3c4ccccc4n(-c4cc(C(C)(C)C)ccn4)c3c2)cc(N2CN(c3c(-c4ccccc4)cccc3-c3ccc(F)cc3)c3ccccc32)c1. The standard InChI is InChI=1S/C61H51FN4O/c1-40(2)49-18-9-10-19-50(49)43-34-46(37-48(35-43)67-47-30-31-54-53-20-11-12-23-55(53)66(58(54)38-47)59-36-44(32-33-63-59)61(3,4)5)64-39-65(57-25-14-13-24-56(57)64)60-51(41-16-7-6-8-17-41)21-15-22-52(60)42-26-28-45(62)29-27-42/h6-38,40H,39H2,1-5H3. The van der Waals surface area contributed by atoms with Crippen LogP contribution >= 0.6 is 0 Å². The highest BCUT2D eigenvalue weighted by Crippen LogP contribution is 2.51. The highest BCUT2D eigenvalue weighted by Gasteiger charge is 2.32. The van der Waals surface area contributed by atoms with Crippen LogP contribution in [0.25, 0.3) is 61.0 Å². The molecule has 0 fully saturated rings. The van der Waals surface area contributed by atoms with Gasteiger partial charge in [-0.3, -0.25) is 4.57 Å². The monoisotopic (exact) mass is 874 g/mol. The van der Waals surface area contributed by atoms with Gasteiger partial charge >= 0.3 is 0 Å². The van der Waals surface area contributed by atoms with E-state index in [4.69, 9.17) is 9.72 Å². The van der Waals surface area contributed by atoms with E-state index >= 15 is 0 Å². The van der Waals surface area contributed by atoms with E-state index in [9.17, 15) is 4.39 Å².